The van der Waals surface area contributed by atoms with E-state index in [1.807, 2.05) is 0 Å². The molecule has 2 aliphatic heterocycles. The first-order chi connectivity index (χ1) is 22.5. The smallest absolute Gasteiger partial charge is 0.333 e. The maximum absolute atomic E-state index is 16.9. The van der Waals surface area contributed by atoms with Gasteiger partial charge in [-0.3, -0.25) is 4.79 Å². The Morgan fingerprint density at radius 1 is 1.13 bits per heavy atom. The van der Waals surface area contributed by atoms with Crippen molar-refractivity contribution in [1.29, 1.82) is 0 Å². The molecule has 0 unspecified atom stereocenters. The molecule has 15 heteroatoms. The van der Waals surface area contributed by atoms with Crippen molar-refractivity contribution in [1.82, 2.24) is 24.7 Å². The number of Topliss-reactive ketones (excluding diaryl/α,β-unsaturated/α-hetero) is 1. The highest BCUT2D eigenvalue weighted by atomic mass is 19.3. The average Bonchev–Trinajstić information content (AvgIpc) is 3.80. The van der Waals surface area contributed by atoms with Gasteiger partial charge in [0.2, 0.25) is 5.88 Å². The number of para-hydroxylation sites is 1. The molecule has 1 aromatic carbocycles. The third kappa shape index (κ3) is 5.45. The number of benzene rings is 1. The molecule has 0 amide bonds. The molecule has 2 fully saturated rings. The van der Waals surface area contributed by atoms with Crippen LogP contribution in [0.2, 0.25) is 0 Å². The van der Waals surface area contributed by atoms with Crippen LogP contribution in [-0.4, -0.2) is 62.4 Å². The first-order valence-electron chi connectivity index (χ1n) is 15.0. The van der Waals surface area contributed by atoms with Crippen molar-refractivity contribution in [3.8, 4) is 17.0 Å². The lowest BCUT2D eigenvalue weighted by molar-refractivity contribution is -0.118. The van der Waals surface area contributed by atoms with Gasteiger partial charge in [-0.05, 0) is 25.1 Å². The summed E-state index contributed by atoms with van der Waals surface area (Å²) in [5.41, 5.74) is -0.405. The number of alkyl halides is 5. The minimum Gasteiger partial charge on any atom is -0.472 e. The van der Waals surface area contributed by atoms with E-state index in [0.29, 0.717) is 26.8 Å². The van der Waals surface area contributed by atoms with Crippen LogP contribution < -0.4 is 9.64 Å². The summed E-state index contributed by atoms with van der Waals surface area (Å²) in [6.07, 6.45) is 0.152. The zero-order chi connectivity index (χ0) is 33.0. The minimum atomic E-state index is -2.99. The Morgan fingerprint density at radius 2 is 1.94 bits per heavy atom. The highest BCUT2D eigenvalue weighted by Crippen LogP contribution is 2.46. The molecule has 6 heterocycles. The van der Waals surface area contributed by atoms with Crippen LogP contribution in [0, 0.1) is 5.92 Å². The van der Waals surface area contributed by atoms with Gasteiger partial charge in [-0.25, -0.2) is 32.8 Å². The maximum atomic E-state index is 16.9. The van der Waals surface area contributed by atoms with Crippen molar-refractivity contribution in [2.75, 3.05) is 24.7 Å². The van der Waals surface area contributed by atoms with E-state index in [2.05, 4.69) is 20.1 Å². The first kappa shape index (κ1) is 31.0. The third-order valence-corrected chi connectivity index (χ3v) is 8.89. The number of hydrogen-bond donors (Lipinski definition) is 0. The van der Waals surface area contributed by atoms with Gasteiger partial charge in [0.15, 0.2) is 23.0 Å². The SMILES string of the molecule is CC(=O)[C@@H]1C[C@H](Oc2ncc(-c3cnn(C(F)F)c3)cc2[C@@]2(F)CCOC[C@@H]2C)CN1c1nc(C(F)F)nc2c1oc1ccccc12. The number of ether oxygens (including phenoxy) is 2. The molecule has 0 radical (unpaired) electrons. The van der Waals surface area contributed by atoms with Crippen LogP contribution in [-0.2, 0) is 15.2 Å². The van der Waals surface area contributed by atoms with Gasteiger partial charge < -0.3 is 18.8 Å². The zero-order valence-electron chi connectivity index (χ0n) is 25.2. The topological polar surface area (TPSA) is 108 Å². The van der Waals surface area contributed by atoms with Crippen LogP contribution >= 0.6 is 0 Å². The molecule has 0 bridgehead atoms. The molecular formula is C32H29F5N6O4. The summed E-state index contributed by atoms with van der Waals surface area (Å²) in [4.78, 5) is 27.1. The molecule has 0 aliphatic carbocycles. The van der Waals surface area contributed by atoms with Crippen LogP contribution in [0.5, 0.6) is 5.88 Å². The predicted molar refractivity (Wildman–Crippen MR) is 159 cm³/mol. The lowest BCUT2D eigenvalue weighted by Crippen LogP contribution is -2.38. The van der Waals surface area contributed by atoms with Gasteiger partial charge in [-0.2, -0.15) is 13.9 Å². The van der Waals surface area contributed by atoms with Crippen LogP contribution in [0.25, 0.3) is 33.2 Å². The summed E-state index contributed by atoms with van der Waals surface area (Å²) in [5, 5.41) is 4.20. The fraction of sp³-hybridized carbons (Fsp3) is 0.406. The number of fused-ring (bicyclic) bond motifs is 3. The second kappa shape index (κ2) is 11.9. The Kier molecular flexibility index (Phi) is 7.81. The van der Waals surface area contributed by atoms with E-state index in [1.165, 1.54) is 25.4 Å². The van der Waals surface area contributed by atoms with Crippen LogP contribution in [0.4, 0.5) is 27.8 Å². The molecule has 0 saturated carbocycles. The number of anilines is 1. The van der Waals surface area contributed by atoms with Crippen LogP contribution in [0.1, 0.15) is 51.1 Å². The van der Waals surface area contributed by atoms with Crippen molar-refractivity contribution in [2.45, 2.75) is 57.5 Å². The van der Waals surface area contributed by atoms with Gasteiger partial charge in [0.25, 0.3) is 6.43 Å². The van der Waals surface area contributed by atoms with E-state index in [1.54, 1.807) is 36.1 Å². The molecule has 2 saturated heterocycles. The molecule has 0 N–H and O–H groups in total. The number of hydrogen-bond acceptors (Lipinski definition) is 9. The number of pyridine rings is 1. The van der Waals surface area contributed by atoms with Crippen molar-refractivity contribution in [3.05, 3.63) is 60.3 Å². The Morgan fingerprint density at radius 3 is 2.66 bits per heavy atom. The highest BCUT2D eigenvalue weighted by Gasteiger charge is 2.45. The maximum Gasteiger partial charge on any atom is 0.333 e. The van der Waals surface area contributed by atoms with Crippen LogP contribution in [0.3, 0.4) is 0 Å². The van der Waals surface area contributed by atoms with Gasteiger partial charge in [0, 0.05) is 54.3 Å². The highest BCUT2D eigenvalue weighted by molar-refractivity contribution is 6.06. The number of halogens is 5. The summed E-state index contributed by atoms with van der Waals surface area (Å²) in [6.45, 7) is 0.517. The normalized spacial score (nSPS) is 23.4. The van der Waals surface area contributed by atoms with Gasteiger partial charge in [0.1, 0.15) is 22.9 Å². The van der Waals surface area contributed by atoms with Gasteiger partial charge >= 0.3 is 6.55 Å². The fourth-order valence-corrected chi connectivity index (χ4v) is 6.40. The molecule has 246 valence electrons. The summed E-state index contributed by atoms with van der Waals surface area (Å²) in [5.74, 6) is -1.59. The molecule has 10 nitrogen and oxygen atoms in total. The molecule has 47 heavy (non-hydrogen) atoms. The standard InChI is InChI=1S/C32H29F5N6O4/c1-16-15-45-8-7-32(16,37)22-9-18(19-12-39-43(13-19)31(35)36)11-38-30(22)46-20-10-23(17(2)44)42(14-20)29-26-25(40-28(41-29)27(33)34)21-5-3-4-6-24(21)47-26/h3-6,9,11-13,16,20,23,27,31H,7-8,10,14-15H2,1-2H3/t16-,20-,23-,32+/m0/s1. The molecule has 4 atom stereocenters. The molecule has 0 spiro atoms. The lowest BCUT2D eigenvalue weighted by Gasteiger charge is -2.36. The molecule has 4 aromatic heterocycles. The van der Waals surface area contributed by atoms with Crippen molar-refractivity contribution in [2.24, 2.45) is 5.92 Å². The van der Waals surface area contributed by atoms with Crippen molar-refractivity contribution < 1.29 is 40.6 Å². The summed E-state index contributed by atoms with van der Waals surface area (Å²) in [7, 11) is 0. The number of rotatable bonds is 8. The molecule has 2 aliphatic rings. The average molecular weight is 657 g/mol. The number of carbonyl (C=O) groups excluding carboxylic acids is 1. The van der Waals surface area contributed by atoms with Crippen molar-refractivity contribution >= 4 is 33.7 Å². The molecule has 5 aromatic rings. The second-order valence-electron chi connectivity index (χ2n) is 11.9. The molecular weight excluding hydrogens is 627 g/mol. The van der Waals surface area contributed by atoms with Gasteiger partial charge in [-0.15, -0.1) is 0 Å². The number of carbonyl (C=O) groups is 1. The Bertz CT molecular complexity index is 1970. The van der Waals surface area contributed by atoms with Crippen LogP contribution in [0.15, 0.2) is 53.3 Å². The first-order valence-corrected chi connectivity index (χ1v) is 15.0. The molecule has 7 rings (SSSR count). The van der Waals surface area contributed by atoms with E-state index >= 15 is 4.39 Å². The predicted octanol–water partition coefficient (Wildman–Crippen LogP) is 6.80. The van der Waals surface area contributed by atoms with Crippen molar-refractivity contribution in [3.63, 3.8) is 0 Å². The van der Waals surface area contributed by atoms with E-state index in [9.17, 15) is 22.4 Å². The number of ketones is 1. The second-order valence-corrected chi connectivity index (χ2v) is 11.9. The zero-order valence-corrected chi connectivity index (χ0v) is 25.2. The summed E-state index contributed by atoms with van der Waals surface area (Å²) in [6, 6.07) is 7.54. The number of nitrogens with zero attached hydrogens (tertiary/aromatic N) is 6. The summed E-state index contributed by atoms with van der Waals surface area (Å²) < 4.78 is 89.7. The Hall–Kier alpha value is -4.66. The number of furan rings is 1. The van der Waals surface area contributed by atoms with E-state index in [-0.39, 0.29) is 66.7 Å². The Labute approximate surface area is 264 Å². The monoisotopic (exact) mass is 656 g/mol. The number of aromatic nitrogens is 5. The third-order valence-electron chi connectivity index (χ3n) is 8.89. The fourth-order valence-electron chi connectivity index (χ4n) is 6.40. The quantitative estimate of drug-likeness (QED) is 0.167. The largest absolute Gasteiger partial charge is 0.472 e. The lowest BCUT2D eigenvalue weighted by atomic mass is 9.80. The summed E-state index contributed by atoms with van der Waals surface area (Å²) >= 11 is 0. The van der Waals surface area contributed by atoms with E-state index < -0.39 is 42.5 Å². The van der Waals surface area contributed by atoms with E-state index in [0.717, 1.165) is 6.20 Å². The van der Waals surface area contributed by atoms with Gasteiger partial charge in [0.05, 0.1) is 31.0 Å². The van der Waals surface area contributed by atoms with E-state index in [4.69, 9.17) is 13.9 Å². The van der Waals surface area contributed by atoms with Gasteiger partial charge in [-0.1, -0.05) is 19.1 Å². The Balaban J connectivity index is 1.28. The minimum absolute atomic E-state index is 0.000192.